The molecule has 1 aromatic heterocycles. The van der Waals surface area contributed by atoms with E-state index in [2.05, 4.69) is 70.1 Å². The summed E-state index contributed by atoms with van der Waals surface area (Å²) < 4.78 is 1.90. The van der Waals surface area contributed by atoms with Crippen LogP contribution >= 0.6 is 0 Å². The van der Waals surface area contributed by atoms with Crippen molar-refractivity contribution in [2.75, 3.05) is 6.54 Å². The zero-order valence-corrected chi connectivity index (χ0v) is 15.3. The van der Waals surface area contributed by atoms with Gasteiger partial charge in [-0.2, -0.15) is 0 Å². The standard InChI is InChI=1S/C19H30N4/c1-18(2,3)15-9-14(10-16(11-15)19(4,5)6)12-23-13-17(7-8-20)21-22-23/h9-11,13H,7-8,12,20H2,1-6H3. The van der Waals surface area contributed by atoms with Crippen molar-refractivity contribution in [3.63, 3.8) is 0 Å². The molecule has 0 amide bonds. The largest absolute Gasteiger partial charge is 0.330 e. The van der Waals surface area contributed by atoms with Crippen LogP contribution in [0, 0.1) is 0 Å². The normalized spacial score (nSPS) is 12.7. The fraction of sp³-hybridized carbons (Fsp3) is 0.579. The van der Waals surface area contributed by atoms with Crippen LogP contribution in [0.4, 0.5) is 0 Å². The van der Waals surface area contributed by atoms with Gasteiger partial charge in [0.25, 0.3) is 0 Å². The third-order valence-electron chi connectivity index (χ3n) is 4.06. The van der Waals surface area contributed by atoms with Crippen LogP contribution in [0.2, 0.25) is 0 Å². The molecule has 0 fully saturated rings. The summed E-state index contributed by atoms with van der Waals surface area (Å²) in [5.74, 6) is 0. The lowest BCUT2D eigenvalue weighted by atomic mass is 9.79. The number of aromatic nitrogens is 3. The molecule has 4 heteroatoms. The molecule has 0 aliphatic heterocycles. The Morgan fingerprint density at radius 1 is 0.957 bits per heavy atom. The molecule has 1 aromatic carbocycles. The minimum absolute atomic E-state index is 0.128. The van der Waals surface area contributed by atoms with Crippen LogP contribution in [0.15, 0.2) is 24.4 Å². The second kappa shape index (κ2) is 6.44. The molecule has 0 saturated carbocycles. The summed E-state index contributed by atoms with van der Waals surface area (Å²) in [5, 5.41) is 8.40. The average Bonchev–Trinajstić information content (AvgIpc) is 2.84. The number of benzene rings is 1. The zero-order valence-electron chi connectivity index (χ0n) is 15.3. The van der Waals surface area contributed by atoms with Crippen LogP contribution < -0.4 is 5.73 Å². The van der Waals surface area contributed by atoms with E-state index in [0.717, 1.165) is 18.7 Å². The Labute approximate surface area is 140 Å². The molecule has 2 N–H and O–H groups in total. The second-order valence-electron chi connectivity index (χ2n) is 8.36. The first kappa shape index (κ1) is 17.7. The van der Waals surface area contributed by atoms with E-state index in [1.807, 2.05) is 10.9 Å². The van der Waals surface area contributed by atoms with Crippen molar-refractivity contribution in [1.82, 2.24) is 15.0 Å². The van der Waals surface area contributed by atoms with Gasteiger partial charge in [0.05, 0.1) is 12.2 Å². The lowest BCUT2D eigenvalue weighted by Crippen LogP contribution is -2.17. The highest BCUT2D eigenvalue weighted by Gasteiger charge is 2.20. The van der Waals surface area contributed by atoms with Gasteiger partial charge < -0.3 is 5.73 Å². The monoisotopic (exact) mass is 314 g/mol. The summed E-state index contributed by atoms with van der Waals surface area (Å²) >= 11 is 0. The van der Waals surface area contributed by atoms with E-state index < -0.39 is 0 Å². The summed E-state index contributed by atoms with van der Waals surface area (Å²) in [6, 6.07) is 6.92. The average molecular weight is 314 g/mol. The van der Waals surface area contributed by atoms with Gasteiger partial charge in [0.2, 0.25) is 0 Å². The zero-order chi connectivity index (χ0) is 17.3. The van der Waals surface area contributed by atoms with Gasteiger partial charge in [-0.25, -0.2) is 4.68 Å². The fourth-order valence-corrected chi connectivity index (χ4v) is 2.51. The molecule has 0 radical (unpaired) electrons. The minimum Gasteiger partial charge on any atom is -0.330 e. The third kappa shape index (κ3) is 4.64. The van der Waals surface area contributed by atoms with Gasteiger partial charge >= 0.3 is 0 Å². The van der Waals surface area contributed by atoms with E-state index in [9.17, 15) is 0 Å². The van der Waals surface area contributed by atoms with Crippen LogP contribution in [0.1, 0.15) is 63.9 Å². The maximum Gasteiger partial charge on any atom is 0.0839 e. The summed E-state index contributed by atoms with van der Waals surface area (Å²) in [4.78, 5) is 0. The molecular formula is C19H30N4. The lowest BCUT2D eigenvalue weighted by Gasteiger charge is -2.26. The molecule has 2 aromatic rings. The molecule has 1 heterocycles. The maximum absolute atomic E-state index is 5.58. The van der Waals surface area contributed by atoms with Crippen molar-refractivity contribution in [3.8, 4) is 0 Å². The first-order chi connectivity index (χ1) is 10.6. The molecule has 126 valence electrons. The van der Waals surface area contributed by atoms with Crippen molar-refractivity contribution >= 4 is 0 Å². The Morgan fingerprint density at radius 2 is 1.52 bits per heavy atom. The minimum atomic E-state index is 0.128. The molecule has 0 spiro atoms. The van der Waals surface area contributed by atoms with Crippen molar-refractivity contribution in [1.29, 1.82) is 0 Å². The van der Waals surface area contributed by atoms with E-state index in [1.54, 1.807) is 0 Å². The van der Waals surface area contributed by atoms with Gasteiger partial charge in [0.1, 0.15) is 0 Å². The Balaban J connectivity index is 2.36. The number of nitrogens with zero attached hydrogens (tertiary/aromatic N) is 3. The third-order valence-corrected chi connectivity index (χ3v) is 4.06. The molecule has 23 heavy (non-hydrogen) atoms. The van der Waals surface area contributed by atoms with Crippen LogP contribution in [-0.4, -0.2) is 21.5 Å². The van der Waals surface area contributed by atoms with Gasteiger partial charge in [-0.1, -0.05) is 65.0 Å². The Bertz CT molecular complexity index is 624. The number of nitrogens with two attached hydrogens (primary N) is 1. The molecule has 0 saturated heterocycles. The molecule has 0 bridgehead atoms. The first-order valence-electron chi connectivity index (χ1n) is 8.33. The van der Waals surface area contributed by atoms with E-state index in [1.165, 1.54) is 16.7 Å². The fourth-order valence-electron chi connectivity index (χ4n) is 2.51. The first-order valence-corrected chi connectivity index (χ1v) is 8.33. The number of hydrogen-bond donors (Lipinski definition) is 1. The van der Waals surface area contributed by atoms with Gasteiger partial charge in [0.15, 0.2) is 0 Å². The number of hydrogen-bond acceptors (Lipinski definition) is 3. The van der Waals surface area contributed by atoms with Gasteiger partial charge in [-0.3, -0.25) is 0 Å². The predicted octanol–water partition coefficient (Wildman–Crippen LogP) is 3.42. The Kier molecular flexibility index (Phi) is 4.95. The molecule has 0 unspecified atom stereocenters. The highest BCUT2D eigenvalue weighted by atomic mass is 15.4. The highest BCUT2D eigenvalue weighted by Crippen LogP contribution is 2.30. The molecule has 4 nitrogen and oxygen atoms in total. The van der Waals surface area contributed by atoms with Crippen molar-refractivity contribution in [2.24, 2.45) is 5.73 Å². The predicted molar refractivity (Wildman–Crippen MR) is 95.7 cm³/mol. The van der Waals surface area contributed by atoms with Crippen molar-refractivity contribution in [3.05, 3.63) is 46.8 Å². The van der Waals surface area contributed by atoms with Crippen molar-refractivity contribution in [2.45, 2.75) is 65.3 Å². The van der Waals surface area contributed by atoms with Gasteiger partial charge in [-0.05, 0) is 34.1 Å². The van der Waals surface area contributed by atoms with Gasteiger partial charge in [-0.15, -0.1) is 5.10 Å². The molecular weight excluding hydrogens is 284 g/mol. The maximum atomic E-state index is 5.58. The Hall–Kier alpha value is -1.68. The Morgan fingerprint density at radius 3 is 2.00 bits per heavy atom. The van der Waals surface area contributed by atoms with Crippen LogP contribution in [-0.2, 0) is 23.8 Å². The summed E-state index contributed by atoms with van der Waals surface area (Å²) in [7, 11) is 0. The second-order valence-corrected chi connectivity index (χ2v) is 8.36. The van der Waals surface area contributed by atoms with Crippen LogP contribution in [0.25, 0.3) is 0 Å². The molecule has 0 atom stereocenters. The highest BCUT2D eigenvalue weighted by molar-refractivity contribution is 5.37. The SMILES string of the molecule is CC(C)(C)c1cc(Cn2cc(CCN)nn2)cc(C(C)(C)C)c1. The topological polar surface area (TPSA) is 56.7 Å². The quantitative estimate of drug-likeness (QED) is 0.940. The molecule has 0 aliphatic carbocycles. The summed E-state index contributed by atoms with van der Waals surface area (Å²) in [5.41, 5.74) is 10.8. The van der Waals surface area contributed by atoms with E-state index in [0.29, 0.717) is 6.54 Å². The number of rotatable bonds is 4. The van der Waals surface area contributed by atoms with Gasteiger partial charge in [0, 0.05) is 12.6 Å². The molecule has 0 aliphatic rings. The van der Waals surface area contributed by atoms with Crippen LogP contribution in [0.3, 0.4) is 0 Å². The summed E-state index contributed by atoms with van der Waals surface area (Å²) in [6.07, 6.45) is 2.77. The summed E-state index contributed by atoms with van der Waals surface area (Å²) in [6.45, 7) is 14.9. The lowest BCUT2D eigenvalue weighted by molar-refractivity contribution is 0.563. The van der Waals surface area contributed by atoms with E-state index >= 15 is 0 Å². The smallest absolute Gasteiger partial charge is 0.0839 e. The van der Waals surface area contributed by atoms with E-state index in [4.69, 9.17) is 5.73 Å². The van der Waals surface area contributed by atoms with Crippen LogP contribution in [0.5, 0.6) is 0 Å². The van der Waals surface area contributed by atoms with E-state index in [-0.39, 0.29) is 10.8 Å². The van der Waals surface area contributed by atoms with Crippen molar-refractivity contribution < 1.29 is 0 Å². The molecule has 2 rings (SSSR count).